The smallest absolute Gasteiger partial charge is 0.223 e. The number of benzene rings is 2. The first kappa shape index (κ1) is 21.8. The van der Waals surface area contributed by atoms with E-state index in [4.69, 9.17) is 14.2 Å². The van der Waals surface area contributed by atoms with Crippen molar-refractivity contribution in [3.8, 4) is 28.3 Å². The number of ether oxygens (including phenoxy) is 1. The van der Waals surface area contributed by atoms with Crippen LogP contribution in [0.25, 0.3) is 22.5 Å². The van der Waals surface area contributed by atoms with Crippen LogP contribution in [-0.2, 0) is 6.42 Å². The van der Waals surface area contributed by atoms with Gasteiger partial charge in [-0.05, 0) is 78.6 Å². The molecule has 3 heterocycles. The molecule has 1 unspecified atom stereocenters. The lowest BCUT2D eigenvalue weighted by molar-refractivity contribution is 0.328. The molecule has 0 fully saturated rings. The van der Waals surface area contributed by atoms with Gasteiger partial charge in [0.1, 0.15) is 5.75 Å². The Labute approximate surface area is 205 Å². The minimum atomic E-state index is 0.260. The molecule has 1 N–H and O–H groups in total. The number of nitrogens with one attached hydrogen (secondary N) is 1. The van der Waals surface area contributed by atoms with Crippen molar-refractivity contribution in [2.24, 2.45) is 0 Å². The van der Waals surface area contributed by atoms with Gasteiger partial charge in [0.15, 0.2) is 0 Å². The summed E-state index contributed by atoms with van der Waals surface area (Å²) < 4.78 is 11.1. The summed E-state index contributed by atoms with van der Waals surface area (Å²) in [7, 11) is 0. The van der Waals surface area contributed by atoms with E-state index in [0.717, 1.165) is 48.6 Å². The molecule has 0 saturated carbocycles. The lowest BCUT2D eigenvalue weighted by Gasteiger charge is -2.18. The molecule has 0 saturated heterocycles. The Morgan fingerprint density at radius 2 is 1.91 bits per heavy atom. The highest BCUT2D eigenvalue weighted by Crippen LogP contribution is 2.43. The number of rotatable bonds is 5. The molecule has 1 aliphatic heterocycles. The second-order valence-electron chi connectivity index (χ2n) is 9.75. The monoisotopic (exact) mass is 466 g/mol. The van der Waals surface area contributed by atoms with Crippen molar-refractivity contribution in [2.75, 3.05) is 11.9 Å². The van der Waals surface area contributed by atoms with Gasteiger partial charge in [-0.3, -0.25) is 4.98 Å². The van der Waals surface area contributed by atoms with Crippen molar-refractivity contribution >= 4 is 5.69 Å². The fourth-order valence-corrected chi connectivity index (χ4v) is 5.71. The lowest BCUT2D eigenvalue weighted by Crippen LogP contribution is -2.08. The van der Waals surface area contributed by atoms with E-state index in [-0.39, 0.29) is 6.04 Å². The first-order chi connectivity index (χ1) is 17.0. The van der Waals surface area contributed by atoms with Gasteiger partial charge in [0.25, 0.3) is 0 Å². The van der Waals surface area contributed by atoms with E-state index in [1.165, 1.54) is 33.4 Å². The van der Waals surface area contributed by atoms with Crippen molar-refractivity contribution in [3.05, 3.63) is 76.4 Å². The zero-order chi connectivity index (χ0) is 24.1. The SMILES string of the molecule is CCC1COc2cc(N[C@@H]3CCc4c(-c5c(C)cc(-c6noc(C)n6)cc5C)cccc43)cnc21. The van der Waals surface area contributed by atoms with Gasteiger partial charge in [0.05, 0.1) is 30.2 Å². The van der Waals surface area contributed by atoms with E-state index in [0.29, 0.717) is 17.6 Å². The molecule has 178 valence electrons. The topological polar surface area (TPSA) is 73.1 Å². The van der Waals surface area contributed by atoms with Crippen molar-refractivity contribution < 1.29 is 9.26 Å². The van der Waals surface area contributed by atoms with E-state index < -0.39 is 0 Å². The molecule has 4 aromatic rings. The molecule has 1 aliphatic carbocycles. The second kappa shape index (κ2) is 8.52. The summed E-state index contributed by atoms with van der Waals surface area (Å²) in [5, 5.41) is 7.83. The molecular weight excluding hydrogens is 436 g/mol. The zero-order valence-electron chi connectivity index (χ0n) is 20.7. The highest BCUT2D eigenvalue weighted by molar-refractivity contribution is 5.78. The van der Waals surface area contributed by atoms with Crippen LogP contribution < -0.4 is 10.1 Å². The summed E-state index contributed by atoms with van der Waals surface area (Å²) in [4.78, 5) is 9.13. The first-order valence-corrected chi connectivity index (χ1v) is 12.4. The number of hydrogen-bond donors (Lipinski definition) is 1. The maximum absolute atomic E-state index is 5.91. The maximum atomic E-state index is 5.91. The Balaban J connectivity index is 1.31. The van der Waals surface area contributed by atoms with Gasteiger partial charge in [-0.15, -0.1) is 0 Å². The maximum Gasteiger partial charge on any atom is 0.223 e. The number of aryl methyl sites for hydroxylation is 3. The van der Waals surface area contributed by atoms with Crippen LogP contribution in [0.4, 0.5) is 5.69 Å². The largest absolute Gasteiger partial charge is 0.491 e. The number of anilines is 1. The molecule has 0 bridgehead atoms. The third-order valence-corrected chi connectivity index (χ3v) is 7.40. The van der Waals surface area contributed by atoms with E-state index in [9.17, 15) is 0 Å². The first-order valence-electron chi connectivity index (χ1n) is 12.4. The Hall–Kier alpha value is -3.67. The minimum Gasteiger partial charge on any atom is -0.491 e. The highest BCUT2D eigenvalue weighted by atomic mass is 16.5. The molecule has 6 nitrogen and oxygen atoms in total. The number of aromatic nitrogens is 3. The van der Waals surface area contributed by atoms with Gasteiger partial charge in [-0.2, -0.15) is 4.98 Å². The number of fused-ring (bicyclic) bond motifs is 2. The predicted molar refractivity (Wildman–Crippen MR) is 137 cm³/mol. The molecule has 6 heteroatoms. The zero-order valence-corrected chi connectivity index (χ0v) is 20.7. The van der Waals surface area contributed by atoms with E-state index >= 15 is 0 Å². The van der Waals surface area contributed by atoms with Crippen LogP contribution in [0.1, 0.15) is 65.6 Å². The van der Waals surface area contributed by atoms with Crippen molar-refractivity contribution in [1.82, 2.24) is 15.1 Å². The number of pyridine rings is 1. The van der Waals surface area contributed by atoms with Crippen molar-refractivity contribution in [2.45, 2.75) is 58.9 Å². The summed E-state index contributed by atoms with van der Waals surface area (Å²) in [5.41, 5.74) is 11.0. The number of nitrogens with zero attached hydrogens (tertiary/aromatic N) is 3. The standard InChI is InChI=1S/C29H30N4O2/c1-5-19-15-34-26-13-21(14-30-28(19)26)32-25-10-9-22-23(25)7-6-8-24(22)27-16(2)11-20(12-17(27)3)29-31-18(4)35-33-29/h6-8,11-14,19,25,32H,5,9-10,15H2,1-4H3/t19?,25-/m1/s1. The molecule has 2 aliphatic rings. The Morgan fingerprint density at radius 3 is 2.66 bits per heavy atom. The van der Waals surface area contributed by atoms with Crippen LogP contribution in [0.3, 0.4) is 0 Å². The molecule has 0 radical (unpaired) electrons. The van der Waals surface area contributed by atoms with Gasteiger partial charge in [0, 0.05) is 24.5 Å². The van der Waals surface area contributed by atoms with Gasteiger partial charge in [-0.25, -0.2) is 0 Å². The molecule has 2 atom stereocenters. The van der Waals surface area contributed by atoms with Gasteiger partial charge in [-0.1, -0.05) is 30.3 Å². The van der Waals surface area contributed by atoms with Crippen LogP contribution >= 0.6 is 0 Å². The Kier molecular flexibility index (Phi) is 5.32. The van der Waals surface area contributed by atoms with E-state index in [2.05, 4.69) is 72.6 Å². The fraction of sp³-hybridized carbons (Fsp3) is 0.345. The van der Waals surface area contributed by atoms with E-state index in [1.807, 2.05) is 13.1 Å². The predicted octanol–water partition coefficient (Wildman–Crippen LogP) is 6.71. The second-order valence-corrected chi connectivity index (χ2v) is 9.75. The fourth-order valence-electron chi connectivity index (χ4n) is 5.71. The molecule has 6 rings (SSSR count). The molecule has 0 spiro atoms. The van der Waals surface area contributed by atoms with Crippen LogP contribution in [0.5, 0.6) is 5.75 Å². The molecule has 35 heavy (non-hydrogen) atoms. The summed E-state index contributed by atoms with van der Waals surface area (Å²) in [6, 6.07) is 13.4. The van der Waals surface area contributed by atoms with Gasteiger partial charge in [0.2, 0.25) is 11.7 Å². The quantitative estimate of drug-likeness (QED) is 0.352. The van der Waals surface area contributed by atoms with E-state index in [1.54, 1.807) is 0 Å². The Bertz CT molecular complexity index is 1400. The van der Waals surface area contributed by atoms with Crippen LogP contribution in [0.15, 0.2) is 47.1 Å². The summed E-state index contributed by atoms with van der Waals surface area (Å²) in [5.74, 6) is 2.56. The summed E-state index contributed by atoms with van der Waals surface area (Å²) in [6.45, 7) is 9.08. The van der Waals surface area contributed by atoms with Crippen LogP contribution in [0, 0.1) is 20.8 Å². The van der Waals surface area contributed by atoms with Gasteiger partial charge < -0.3 is 14.6 Å². The normalized spacial score (nSPS) is 18.3. The minimum absolute atomic E-state index is 0.260. The van der Waals surface area contributed by atoms with Crippen LogP contribution in [-0.4, -0.2) is 21.7 Å². The lowest BCUT2D eigenvalue weighted by atomic mass is 9.89. The van der Waals surface area contributed by atoms with Gasteiger partial charge >= 0.3 is 0 Å². The third kappa shape index (κ3) is 3.77. The molecule has 0 amide bonds. The average molecular weight is 467 g/mol. The molecule has 2 aromatic carbocycles. The van der Waals surface area contributed by atoms with Crippen molar-refractivity contribution in [3.63, 3.8) is 0 Å². The highest BCUT2D eigenvalue weighted by Gasteiger charge is 2.28. The van der Waals surface area contributed by atoms with Crippen molar-refractivity contribution in [1.29, 1.82) is 0 Å². The summed E-state index contributed by atoms with van der Waals surface area (Å²) >= 11 is 0. The number of hydrogen-bond acceptors (Lipinski definition) is 6. The third-order valence-electron chi connectivity index (χ3n) is 7.40. The average Bonchev–Trinajstić information content (AvgIpc) is 3.57. The van der Waals surface area contributed by atoms with Crippen LogP contribution in [0.2, 0.25) is 0 Å². The summed E-state index contributed by atoms with van der Waals surface area (Å²) in [6.07, 6.45) is 5.12. The molecule has 2 aromatic heterocycles. The molecular formula is C29H30N4O2. The Morgan fingerprint density at radius 1 is 1.09 bits per heavy atom.